The molecular weight excluding hydrogens is 274 g/mol. The fourth-order valence-corrected chi connectivity index (χ4v) is 3.23. The van der Waals surface area contributed by atoms with E-state index in [0.717, 1.165) is 25.6 Å². The summed E-state index contributed by atoms with van der Waals surface area (Å²) in [6, 6.07) is 0.408. The lowest BCUT2D eigenvalue weighted by Gasteiger charge is -2.35. The van der Waals surface area contributed by atoms with Crippen LogP contribution in [0.1, 0.15) is 25.7 Å². The first-order valence-corrected chi connectivity index (χ1v) is 7.74. The van der Waals surface area contributed by atoms with E-state index in [1.807, 2.05) is 0 Å². The summed E-state index contributed by atoms with van der Waals surface area (Å²) in [5.74, 6) is -0.899. The minimum atomic E-state index is -0.899. The fourth-order valence-electron chi connectivity index (χ4n) is 3.23. The van der Waals surface area contributed by atoms with Crippen LogP contribution in [0.4, 0.5) is 4.79 Å². The van der Waals surface area contributed by atoms with Gasteiger partial charge in [-0.3, -0.25) is 9.69 Å². The van der Waals surface area contributed by atoms with Gasteiger partial charge in [-0.05, 0) is 19.3 Å². The number of hydrogen-bond acceptors (Lipinski definition) is 4. The summed E-state index contributed by atoms with van der Waals surface area (Å²) < 4.78 is 5.30. The van der Waals surface area contributed by atoms with E-state index in [9.17, 15) is 9.59 Å². The van der Waals surface area contributed by atoms with Crippen molar-refractivity contribution in [1.82, 2.24) is 15.1 Å². The summed E-state index contributed by atoms with van der Waals surface area (Å²) in [7, 11) is 0. The van der Waals surface area contributed by atoms with E-state index in [4.69, 9.17) is 9.84 Å². The maximum Gasteiger partial charge on any atom is 0.318 e. The topological polar surface area (TPSA) is 82.1 Å². The van der Waals surface area contributed by atoms with Gasteiger partial charge in [0.25, 0.3) is 0 Å². The molecule has 1 aliphatic carbocycles. The molecule has 0 aromatic carbocycles. The molecule has 7 heteroatoms. The van der Waals surface area contributed by atoms with Crippen molar-refractivity contribution in [3.8, 4) is 0 Å². The van der Waals surface area contributed by atoms with Crippen LogP contribution in [-0.4, -0.2) is 77.9 Å². The van der Waals surface area contributed by atoms with Gasteiger partial charge in [0.05, 0.1) is 25.7 Å². The number of nitrogens with one attached hydrogen (secondary N) is 1. The Labute approximate surface area is 124 Å². The van der Waals surface area contributed by atoms with Gasteiger partial charge in [0.1, 0.15) is 0 Å². The van der Waals surface area contributed by atoms with Gasteiger partial charge in [-0.2, -0.15) is 0 Å². The molecule has 2 heterocycles. The van der Waals surface area contributed by atoms with Crippen LogP contribution in [0.5, 0.6) is 0 Å². The number of carbonyl (C=O) groups excluding carboxylic acids is 1. The highest BCUT2D eigenvalue weighted by Crippen LogP contribution is 2.29. The maximum atomic E-state index is 12.4. The molecule has 7 nitrogen and oxygen atoms in total. The second-order valence-corrected chi connectivity index (χ2v) is 6.18. The van der Waals surface area contributed by atoms with E-state index in [2.05, 4.69) is 10.2 Å². The molecular formula is C14H23N3O4. The largest absolute Gasteiger partial charge is 0.481 e. The smallest absolute Gasteiger partial charge is 0.318 e. The molecule has 2 unspecified atom stereocenters. The first-order chi connectivity index (χ1) is 10.1. The normalized spacial score (nSPS) is 30.4. The molecule has 2 aliphatic heterocycles. The molecule has 3 fully saturated rings. The van der Waals surface area contributed by atoms with Crippen LogP contribution in [-0.2, 0) is 9.53 Å². The van der Waals surface area contributed by atoms with Crippen molar-refractivity contribution in [3.63, 3.8) is 0 Å². The van der Waals surface area contributed by atoms with Crippen LogP contribution in [0.25, 0.3) is 0 Å². The number of morpholine rings is 1. The SMILES string of the molecule is O=C(O)CC1COCCN1C(=O)NC1CCN(C2CC2)C1. The first-order valence-electron chi connectivity index (χ1n) is 7.74. The summed E-state index contributed by atoms with van der Waals surface area (Å²) >= 11 is 0. The predicted molar refractivity (Wildman–Crippen MR) is 75.1 cm³/mol. The van der Waals surface area contributed by atoms with Gasteiger partial charge < -0.3 is 20.1 Å². The zero-order chi connectivity index (χ0) is 14.8. The summed E-state index contributed by atoms with van der Waals surface area (Å²) in [4.78, 5) is 27.3. The molecule has 0 aromatic heterocycles. The number of likely N-dealkylation sites (tertiary alicyclic amines) is 1. The summed E-state index contributed by atoms with van der Waals surface area (Å²) in [5, 5.41) is 12.0. The lowest BCUT2D eigenvalue weighted by molar-refractivity contribution is -0.139. The van der Waals surface area contributed by atoms with Crippen LogP contribution in [0.3, 0.4) is 0 Å². The van der Waals surface area contributed by atoms with E-state index in [1.54, 1.807) is 4.90 Å². The molecule has 2 atom stereocenters. The molecule has 3 aliphatic rings. The fraction of sp³-hybridized carbons (Fsp3) is 0.857. The quantitative estimate of drug-likeness (QED) is 0.769. The number of nitrogens with zero attached hydrogens (tertiary/aromatic N) is 2. The van der Waals surface area contributed by atoms with E-state index in [0.29, 0.717) is 19.8 Å². The maximum absolute atomic E-state index is 12.4. The highest BCUT2D eigenvalue weighted by molar-refractivity contribution is 5.76. The average Bonchev–Trinajstić information content (AvgIpc) is 3.19. The number of ether oxygens (including phenoxy) is 1. The second-order valence-electron chi connectivity index (χ2n) is 6.18. The predicted octanol–water partition coefficient (Wildman–Crippen LogP) is 0.108. The average molecular weight is 297 g/mol. The van der Waals surface area contributed by atoms with Crippen molar-refractivity contribution < 1.29 is 19.4 Å². The molecule has 2 amide bonds. The Hall–Kier alpha value is -1.34. The van der Waals surface area contributed by atoms with E-state index in [1.165, 1.54) is 12.8 Å². The Morgan fingerprint density at radius 3 is 2.76 bits per heavy atom. The van der Waals surface area contributed by atoms with Gasteiger partial charge in [-0.15, -0.1) is 0 Å². The number of aliphatic carboxylic acids is 1. The Morgan fingerprint density at radius 1 is 1.24 bits per heavy atom. The lowest BCUT2D eigenvalue weighted by Crippen LogP contribution is -2.55. The molecule has 0 spiro atoms. The summed E-state index contributed by atoms with van der Waals surface area (Å²) in [6.45, 7) is 3.21. The number of hydrogen-bond donors (Lipinski definition) is 2. The van der Waals surface area contributed by atoms with Gasteiger partial charge in [0, 0.05) is 31.7 Å². The van der Waals surface area contributed by atoms with Crippen LogP contribution >= 0.6 is 0 Å². The van der Waals surface area contributed by atoms with E-state index < -0.39 is 5.97 Å². The van der Waals surface area contributed by atoms with Crippen LogP contribution in [0.15, 0.2) is 0 Å². The van der Waals surface area contributed by atoms with Crippen molar-refractivity contribution in [2.45, 2.75) is 43.8 Å². The van der Waals surface area contributed by atoms with Crippen molar-refractivity contribution in [2.24, 2.45) is 0 Å². The molecule has 0 radical (unpaired) electrons. The standard InChI is InChI=1S/C14H23N3O4/c18-13(19)7-12-9-21-6-5-17(12)14(20)15-10-3-4-16(8-10)11-1-2-11/h10-12H,1-9H2,(H,15,20)(H,18,19). The third-order valence-electron chi connectivity index (χ3n) is 4.51. The third kappa shape index (κ3) is 3.65. The second kappa shape index (κ2) is 6.19. The zero-order valence-corrected chi connectivity index (χ0v) is 12.2. The van der Waals surface area contributed by atoms with Crippen molar-refractivity contribution in [3.05, 3.63) is 0 Å². The number of rotatable bonds is 4. The Kier molecular flexibility index (Phi) is 4.30. The first kappa shape index (κ1) is 14.6. The van der Waals surface area contributed by atoms with Gasteiger partial charge in [-0.25, -0.2) is 4.79 Å². The number of carboxylic acids is 1. The number of carboxylic acid groups (broad SMARTS) is 1. The lowest BCUT2D eigenvalue weighted by atomic mass is 10.1. The molecule has 2 saturated heterocycles. The van der Waals surface area contributed by atoms with Gasteiger partial charge in [0.2, 0.25) is 0 Å². The minimum Gasteiger partial charge on any atom is -0.481 e. The molecule has 0 aromatic rings. The van der Waals surface area contributed by atoms with Crippen molar-refractivity contribution in [2.75, 3.05) is 32.8 Å². The number of amides is 2. The van der Waals surface area contributed by atoms with Gasteiger partial charge in [0.15, 0.2) is 0 Å². The number of urea groups is 1. The molecule has 2 N–H and O–H groups in total. The Balaban J connectivity index is 1.52. The summed E-state index contributed by atoms with van der Waals surface area (Å²) in [6.07, 6.45) is 3.48. The van der Waals surface area contributed by atoms with Gasteiger partial charge >= 0.3 is 12.0 Å². The van der Waals surface area contributed by atoms with E-state index in [-0.39, 0.29) is 24.5 Å². The van der Waals surface area contributed by atoms with Crippen LogP contribution in [0, 0.1) is 0 Å². The Bertz CT molecular complexity index is 413. The van der Waals surface area contributed by atoms with Crippen molar-refractivity contribution in [1.29, 1.82) is 0 Å². The van der Waals surface area contributed by atoms with Crippen LogP contribution in [0.2, 0.25) is 0 Å². The molecule has 1 saturated carbocycles. The monoisotopic (exact) mass is 297 g/mol. The number of carbonyl (C=O) groups is 2. The van der Waals surface area contributed by atoms with Crippen molar-refractivity contribution >= 4 is 12.0 Å². The zero-order valence-electron chi connectivity index (χ0n) is 12.2. The summed E-state index contributed by atoms with van der Waals surface area (Å²) in [5.41, 5.74) is 0. The highest BCUT2D eigenvalue weighted by atomic mass is 16.5. The molecule has 118 valence electrons. The van der Waals surface area contributed by atoms with Gasteiger partial charge in [-0.1, -0.05) is 0 Å². The Morgan fingerprint density at radius 2 is 2.05 bits per heavy atom. The third-order valence-corrected chi connectivity index (χ3v) is 4.51. The minimum absolute atomic E-state index is 0.0632. The molecule has 3 rings (SSSR count). The van der Waals surface area contributed by atoms with E-state index >= 15 is 0 Å². The van der Waals surface area contributed by atoms with Crippen LogP contribution < -0.4 is 5.32 Å². The highest BCUT2D eigenvalue weighted by Gasteiger charge is 2.36. The molecule has 0 bridgehead atoms. The molecule has 21 heavy (non-hydrogen) atoms.